The highest BCUT2D eigenvalue weighted by Crippen LogP contribution is 2.20. The molecule has 1 aromatic rings. The fourth-order valence-electron chi connectivity index (χ4n) is 2.11. The van der Waals surface area contributed by atoms with Gasteiger partial charge in [-0.2, -0.15) is 0 Å². The van der Waals surface area contributed by atoms with Crippen molar-refractivity contribution in [3.8, 4) is 0 Å². The van der Waals surface area contributed by atoms with Crippen LogP contribution in [0.2, 0.25) is 0 Å². The lowest BCUT2D eigenvalue weighted by molar-refractivity contribution is 0.560. The SMILES string of the molecule is CCC(CC)N(CCC(=N)N)c1ccccc1. The maximum absolute atomic E-state index is 7.36. The number of rotatable bonds is 7. The molecule has 17 heavy (non-hydrogen) atoms. The van der Waals surface area contributed by atoms with E-state index in [-0.39, 0.29) is 5.84 Å². The quantitative estimate of drug-likeness (QED) is 0.562. The van der Waals surface area contributed by atoms with E-state index in [1.54, 1.807) is 0 Å². The Hall–Kier alpha value is -1.51. The molecular formula is C14H23N3. The topological polar surface area (TPSA) is 53.1 Å². The molecular weight excluding hydrogens is 210 g/mol. The second-order valence-corrected chi connectivity index (χ2v) is 4.27. The number of para-hydroxylation sites is 1. The van der Waals surface area contributed by atoms with Gasteiger partial charge in [-0.1, -0.05) is 32.0 Å². The van der Waals surface area contributed by atoms with Gasteiger partial charge in [0, 0.05) is 24.7 Å². The summed E-state index contributed by atoms with van der Waals surface area (Å²) in [4.78, 5) is 2.36. The third kappa shape index (κ3) is 4.10. The molecule has 0 spiro atoms. The molecule has 3 N–H and O–H groups in total. The van der Waals surface area contributed by atoms with Crippen LogP contribution < -0.4 is 10.6 Å². The van der Waals surface area contributed by atoms with E-state index in [0.29, 0.717) is 12.5 Å². The van der Waals surface area contributed by atoms with Gasteiger partial charge in [0.25, 0.3) is 0 Å². The zero-order valence-corrected chi connectivity index (χ0v) is 10.8. The Morgan fingerprint density at radius 1 is 1.24 bits per heavy atom. The third-order valence-electron chi connectivity index (χ3n) is 3.09. The first kappa shape index (κ1) is 13.6. The van der Waals surface area contributed by atoms with E-state index in [1.807, 2.05) is 6.07 Å². The summed E-state index contributed by atoms with van der Waals surface area (Å²) in [5.74, 6) is 0.261. The predicted molar refractivity (Wildman–Crippen MR) is 74.7 cm³/mol. The molecule has 0 atom stereocenters. The monoisotopic (exact) mass is 233 g/mol. The van der Waals surface area contributed by atoms with Gasteiger partial charge in [0.1, 0.15) is 0 Å². The highest BCUT2D eigenvalue weighted by Gasteiger charge is 2.15. The van der Waals surface area contributed by atoms with Gasteiger partial charge in [-0.05, 0) is 25.0 Å². The molecule has 0 fully saturated rings. The number of hydrogen-bond acceptors (Lipinski definition) is 2. The van der Waals surface area contributed by atoms with Crippen LogP contribution in [-0.4, -0.2) is 18.4 Å². The maximum Gasteiger partial charge on any atom is 0.0923 e. The molecule has 0 saturated carbocycles. The average molecular weight is 233 g/mol. The average Bonchev–Trinajstić information content (AvgIpc) is 2.35. The van der Waals surface area contributed by atoms with Crippen LogP contribution >= 0.6 is 0 Å². The number of nitrogens with one attached hydrogen (secondary N) is 1. The van der Waals surface area contributed by atoms with Crippen molar-refractivity contribution < 1.29 is 0 Å². The number of nitrogens with zero attached hydrogens (tertiary/aromatic N) is 1. The number of nitrogens with two attached hydrogens (primary N) is 1. The van der Waals surface area contributed by atoms with Gasteiger partial charge < -0.3 is 10.6 Å². The van der Waals surface area contributed by atoms with Crippen molar-refractivity contribution >= 4 is 11.5 Å². The second kappa shape index (κ2) is 6.94. The van der Waals surface area contributed by atoms with Crippen LogP contribution in [0.5, 0.6) is 0 Å². The maximum atomic E-state index is 7.36. The molecule has 0 aliphatic carbocycles. The van der Waals surface area contributed by atoms with Gasteiger partial charge >= 0.3 is 0 Å². The van der Waals surface area contributed by atoms with E-state index in [4.69, 9.17) is 11.1 Å². The molecule has 0 aromatic heterocycles. The summed E-state index contributed by atoms with van der Waals surface area (Å²) < 4.78 is 0. The minimum atomic E-state index is 0.261. The molecule has 3 nitrogen and oxygen atoms in total. The van der Waals surface area contributed by atoms with Crippen molar-refractivity contribution in [3.63, 3.8) is 0 Å². The van der Waals surface area contributed by atoms with Crippen LogP contribution in [0.15, 0.2) is 30.3 Å². The highest BCUT2D eigenvalue weighted by molar-refractivity contribution is 5.77. The van der Waals surface area contributed by atoms with E-state index < -0.39 is 0 Å². The van der Waals surface area contributed by atoms with Crippen molar-refractivity contribution in [3.05, 3.63) is 30.3 Å². The predicted octanol–water partition coefficient (Wildman–Crippen LogP) is 3.01. The lowest BCUT2D eigenvalue weighted by Gasteiger charge is -2.32. The summed E-state index contributed by atoms with van der Waals surface area (Å²) in [6.45, 7) is 5.24. The summed E-state index contributed by atoms with van der Waals surface area (Å²) in [5, 5.41) is 7.36. The first-order valence-corrected chi connectivity index (χ1v) is 6.33. The summed E-state index contributed by atoms with van der Waals surface area (Å²) in [5.41, 5.74) is 6.68. The van der Waals surface area contributed by atoms with Gasteiger partial charge in [-0.25, -0.2) is 0 Å². The lowest BCUT2D eigenvalue weighted by atomic mass is 10.1. The Labute approximate surface area is 104 Å². The van der Waals surface area contributed by atoms with Crippen LogP contribution in [0.4, 0.5) is 5.69 Å². The van der Waals surface area contributed by atoms with Crippen molar-refractivity contribution in [1.82, 2.24) is 0 Å². The number of hydrogen-bond donors (Lipinski definition) is 2. The molecule has 0 heterocycles. The Morgan fingerprint density at radius 3 is 2.29 bits per heavy atom. The van der Waals surface area contributed by atoms with Crippen LogP contribution in [0.25, 0.3) is 0 Å². The summed E-state index contributed by atoms with van der Waals surface area (Å²) in [6.07, 6.45) is 2.86. The van der Waals surface area contributed by atoms with Crippen LogP contribution in [0.3, 0.4) is 0 Å². The first-order chi connectivity index (χ1) is 8.19. The lowest BCUT2D eigenvalue weighted by Crippen LogP contribution is -2.36. The van der Waals surface area contributed by atoms with E-state index in [9.17, 15) is 0 Å². The van der Waals surface area contributed by atoms with E-state index in [0.717, 1.165) is 19.4 Å². The Morgan fingerprint density at radius 2 is 1.82 bits per heavy atom. The Bertz CT molecular complexity index is 331. The molecule has 0 amide bonds. The number of benzene rings is 1. The summed E-state index contributed by atoms with van der Waals surface area (Å²) in [7, 11) is 0. The van der Waals surface area contributed by atoms with Crippen molar-refractivity contribution in [2.45, 2.75) is 39.2 Å². The normalized spacial score (nSPS) is 10.5. The molecule has 0 radical (unpaired) electrons. The molecule has 0 aliphatic rings. The first-order valence-electron chi connectivity index (χ1n) is 6.33. The van der Waals surface area contributed by atoms with Crippen molar-refractivity contribution in [1.29, 1.82) is 5.41 Å². The van der Waals surface area contributed by atoms with Gasteiger partial charge in [0.2, 0.25) is 0 Å². The third-order valence-corrected chi connectivity index (χ3v) is 3.09. The molecule has 0 bridgehead atoms. The molecule has 0 saturated heterocycles. The second-order valence-electron chi connectivity index (χ2n) is 4.27. The van der Waals surface area contributed by atoms with Crippen molar-refractivity contribution in [2.24, 2.45) is 5.73 Å². The smallest absolute Gasteiger partial charge is 0.0923 e. The summed E-state index contributed by atoms with van der Waals surface area (Å²) >= 11 is 0. The van der Waals surface area contributed by atoms with E-state index in [1.165, 1.54) is 5.69 Å². The minimum absolute atomic E-state index is 0.261. The molecule has 3 heteroatoms. The van der Waals surface area contributed by atoms with Crippen LogP contribution in [0, 0.1) is 5.41 Å². The highest BCUT2D eigenvalue weighted by atomic mass is 15.2. The molecule has 0 aliphatic heterocycles. The molecule has 1 aromatic carbocycles. The zero-order valence-electron chi connectivity index (χ0n) is 10.8. The Balaban J connectivity index is 2.81. The van der Waals surface area contributed by atoms with Gasteiger partial charge in [-0.3, -0.25) is 5.41 Å². The van der Waals surface area contributed by atoms with Gasteiger partial charge in [-0.15, -0.1) is 0 Å². The van der Waals surface area contributed by atoms with Crippen LogP contribution in [-0.2, 0) is 0 Å². The van der Waals surface area contributed by atoms with Gasteiger partial charge in [0.15, 0.2) is 0 Å². The Kier molecular flexibility index (Phi) is 5.53. The van der Waals surface area contributed by atoms with Crippen molar-refractivity contribution in [2.75, 3.05) is 11.4 Å². The molecule has 0 unspecified atom stereocenters. The van der Waals surface area contributed by atoms with E-state index in [2.05, 4.69) is 43.0 Å². The fourth-order valence-corrected chi connectivity index (χ4v) is 2.11. The fraction of sp³-hybridized carbons (Fsp3) is 0.500. The number of anilines is 1. The largest absolute Gasteiger partial charge is 0.388 e. The van der Waals surface area contributed by atoms with Crippen LogP contribution in [0.1, 0.15) is 33.1 Å². The molecule has 94 valence electrons. The number of amidine groups is 1. The minimum Gasteiger partial charge on any atom is -0.388 e. The van der Waals surface area contributed by atoms with E-state index >= 15 is 0 Å². The zero-order chi connectivity index (χ0) is 12.7. The van der Waals surface area contributed by atoms with Gasteiger partial charge in [0.05, 0.1) is 5.84 Å². The molecule has 1 rings (SSSR count). The standard InChI is InChI=1S/C14H23N3/c1-3-12(4-2)17(11-10-14(15)16)13-8-6-5-7-9-13/h5-9,12H,3-4,10-11H2,1-2H3,(H3,15,16). The summed E-state index contributed by atoms with van der Waals surface area (Å²) in [6, 6.07) is 10.9.